The number of esters is 1. The molecule has 0 aromatic carbocycles. The standard InChI is InChI=1S/C8H16O3Si.C3H10Si/c1-3-8(9)10-6-5-7-12-11-4-2;1-4(2)3/h3H,1,4-7,12H2,2H3;4H,1-3H3. The highest BCUT2D eigenvalue weighted by Crippen LogP contribution is 1.91. The second kappa shape index (κ2) is 14.6. The van der Waals surface area contributed by atoms with Gasteiger partial charge in [0, 0.05) is 21.5 Å². The van der Waals surface area contributed by atoms with E-state index in [2.05, 4.69) is 26.2 Å². The summed E-state index contributed by atoms with van der Waals surface area (Å²) < 4.78 is 10.0. The van der Waals surface area contributed by atoms with Crippen molar-refractivity contribution in [3.63, 3.8) is 0 Å². The number of ether oxygens (including phenoxy) is 1. The molecule has 0 atom stereocenters. The molecule has 0 saturated heterocycles. The van der Waals surface area contributed by atoms with E-state index in [1.807, 2.05) is 6.92 Å². The van der Waals surface area contributed by atoms with Gasteiger partial charge in [-0.1, -0.05) is 26.2 Å². The van der Waals surface area contributed by atoms with Crippen molar-refractivity contribution in [2.75, 3.05) is 13.2 Å². The number of carbonyl (C=O) groups is 1. The van der Waals surface area contributed by atoms with E-state index in [-0.39, 0.29) is 24.5 Å². The van der Waals surface area contributed by atoms with Crippen molar-refractivity contribution in [2.45, 2.75) is 39.0 Å². The monoisotopic (exact) mass is 262 g/mol. The number of carbonyl (C=O) groups excluding carboxylic acids is 1. The van der Waals surface area contributed by atoms with Gasteiger partial charge in [-0.3, -0.25) is 0 Å². The summed E-state index contributed by atoms with van der Waals surface area (Å²) in [6, 6.07) is 1.07. The van der Waals surface area contributed by atoms with E-state index in [4.69, 9.17) is 9.16 Å². The minimum atomic E-state index is -0.357. The zero-order chi connectivity index (χ0) is 12.8. The molecule has 0 heterocycles. The molecule has 0 rings (SSSR count). The van der Waals surface area contributed by atoms with Crippen LogP contribution in [-0.2, 0) is 14.0 Å². The van der Waals surface area contributed by atoms with Gasteiger partial charge in [0.2, 0.25) is 0 Å². The molecule has 0 aromatic rings. The molecule has 3 nitrogen and oxygen atoms in total. The summed E-state index contributed by atoms with van der Waals surface area (Å²) >= 11 is 0. The van der Waals surface area contributed by atoms with Crippen molar-refractivity contribution >= 4 is 24.5 Å². The first kappa shape index (κ1) is 18.0. The summed E-state index contributed by atoms with van der Waals surface area (Å²) in [6.07, 6.45) is 2.09. The highest BCUT2D eigenvalue weighted by atomic mass is 28.3. The zero-order valence-corrected chi connectivity index (χ0v) is 13.7. The van der Waals surface area contributed by atoms with E-state index < -0.39 is 0 Å². The maximum Gasteiger partial charge on any atom is 0.330 e. The van der Waals surface area contributed by atoms with Crippen molar-refractivity contribution in [3.8, 4) is 0 Å². The molecule has 5 heteroatoms. The van der Waals surface area contributed by atoms with Gasteiger partial charge in [0.1, 0.15) is 0 Å². The smallest absolute Gasteiger partial charge is 0.330 e. The van der Waals surface area contributed by atoms with E-state index in [0.29, 0.717) is 6.61 Å². The Hall–Kier alpha value is -0.396. The highest BCUT2D eigenvalue weighted by Gasteiger charge is 1.94. The summed E-state index contributed by atoms with van der Waals surface area (Å²) in [5.41, 5.74) is 0. The van der Waals surface area contributed by atoms with Crippen LogP contribution in [0.5, 0.6) is 0 Å². The first-order valence-electron chi connectivity index (χ1n) is 5.91. The molecular formula is C11H26O3Si2. The Bertz CT molecular complexity index is 170. The summed E-state index contributed by atoms with van der Waals surface area (Å²) in [4.78, 5) is 10.5. The molecule has 0 amide bonds. The van der Waals surface area contributed by atoms with Crippen LogP contribution in [0.1, 0.15) is 13.3 Å². The molecule has 0 aliphatic rings. The minimum absolute atomic E-state index is 0.139. The summed E-state index contributed by atoms with van der Waals surface area (Å²) in [5.74, 6) is -0.340. The van der Waals surface area contributed by atoms with Crippen LogP contribution in [0.4, 0.5) is 0 Å². The third-order valence-corrected chi connectivity index (χ3v) is 2.78. The summed E-state index contributed by atoms with van der Waals surface area (Å²) in [7, 11) is -0.496. The van der Waals surface area contributed by atoms with Crippen molar-refractivity contribution in [1.29, 1.82) is 0 Å². The lowest BCUT2D eigenvalue weighted by molar-refractivity contribution is -0.137. The van der Waals surface area contributed by atoms with Crippen molar-refractivity contribution in [2.24, 2.45) is 0 Å². The molecule has 0 radical (unpaired) electrons. The van der Waals surface area contributed by atoms with Gasteiger partial charge >= 0.3 is 5.97 Å². The molecule has 0 aliphatic carbocycles. The number of rotatable bonds is 7. The Morgan fingerprint density at radius 1 is 1.44 bits per heavy atom. The van der Waals surface area contributed by atoms with Crippen LogP contribution in [0.15, 0.2) is 12.7 Å². The van der Waals surface area contributed by atoms with E-state index in [1.165, 1.54) is 6.08 Å². The zero-order valence-electron chi connectivity index (χ0n) is 11.1. The first-order chi connectivity index (χ1) is 7.54. The predicted molar refractivity (Wildman–Crippen MR) is 75.5 cm³/mol. The van der Waals surface area contributed by atoms with Crippen LogP contribution >= 0.6 is 0 Å². The Kier molecular flexibility index (Phi) is 16.4. The molecule has 0 bridgehead atoms. The normalized spacial score (nSPS) is 10.1. The Morgan fingerprint density at radius 3 is 2.44 bits per heavy atom. The lowest BCUT2D eigenvalue weighted by Gasteiger charge is -2.01. The lowest BCUT2D eigenvalue weighted by atomic mass is 10.5. The van der Waals surface area contributed by atoms with Crippen molar-refractivity contribution in [1.82, 2.24) is 0 Å². The average molecular weight is 262 g/mol. The quantitative estimate of drug-likeness (QED) is 0.303. The van der Waals surface area contributed by atoms with Gasteiger partial charge in [-0.05, 0) is 19.4 Å². The fourth-order valence-corrected chi connectivity index (χ4v) is 1.58. The molecule has 16 heavy (non-hydrogen) atoms. The van der Waals surface area contributed by atoms with Crippen LogP contribution < -0.4 is 0 Å². The second-order valence-corrected chi connectivity index (χ2v) is 9.00. The highest BCUT2D eigenvalue weighted by molar-refractivity contribution is 6.54. The van der Waals surface area contributed by atoms with Crippen LogP contribution in [-0.4, -0.2) is 37.7 Å². The SMILES string of the molecule is C=CC(=O)OCCC[SiH2]OCC.C[SiH](C)C. The Morgan fingerprint density at radius 2 is 2.00 bits per heavy atom. The molecule has 0 spiro atoms. The fraction of sp³-hybridized carbons (Fsp3) is 0.727. The van der Waals surface area contributed by atoms with E-state index >= 15 is 0 Å². The molecule has 0 aliphatic heterocycles. The largest absolute Gasteiger partial charge is 0.463 e. The van der Waals surface area contributed by atoms with Gasteiger partial charge in [0.25, 0.3) is 0 Å². The maximum absolute atomic E-state index is 10.5. The van der Waals surface area contributed by atoms with Crippen LogP contribution in [0.2, 0.25) is 25.7 Å². The predicted octanol–water partition coefficient (Wildman–Crippen LogP) is 1.75. The summed E-state index contributed by atoms with van der Waals surface area (Å²) in [6.45, 7) is 13.5. The van der Waals surface area contributed by atoms with Crippen molar-refractivity contribution < 1.29 is 14.0 Å². The Balaban J connectivity index is 0. The van der Waals surface area contributed by atoms with E-state index in [0.717, 1.165) is 19.1 Å². The van der Waals surface area contributed by atoms with Crippen LogP contribution in [0.25, 0.3) is 0 Å². The average Bonchev–Trinajstić information content (AvgIpc) is 2.22. The van der Waals surface area contributed by atoms with E-state index in [9.17, 15) is 4.79 Å². The topological polar surface area (TPSA) is 35.5 Å². The molecule has 0 saturated carbocycles. The van der Waals surface area contributed by atoms with Crippen LogP contribution in [0, 0.1) is 0 Å². The first-order valence-corrected chi connectivity index (χ1v) is 11.0. The second-order valence-electron chi connectivity index (χ2n) is 4.01. The number of hydrogen-bond acceptors (Lipinski definition) is 3. The third kappa shape index (κ3) is 23.4. The molecule has 0 unspecified atom stereocenters. The van der Waals surface area contributed by atoms with Crippen molar-refractivity contribution in [3.05, 3.63) is 12.7 Å². The maximum atomic E-state index is 10.5. The molecule has 96 valence electrons. The third-order valence-electron chi connectivity index (χ3n) is 1.30. The lowest BCUT2D eigenvalue weighted by Crippen LogP contribution is -2.04. The van der Waals surface area contributed by atoms with Gasteiger partial charge in [-0.2, -0.15) is 0 Å². The molecule has 0 aromatic heterocycles. The Labute approximate surface area is 104 Å². The van der Waals surface area contributed by atoms with Gasteiger partial charge < -0.3 is 9.16 Å². The van der Waals surface area contributed by atoms with E-state index in [1.54, 1.807) is 0 Å². The number of hydrogen-bond donors (Lipinski definition) is 0. The molecule has 0 N–H and O–H groups in total. The van der Waals surface area contributed by atoms with Gasteiger partial charge in [-0.25, -0.2) is 4.79 Å². The molecule has 0 fully saturated rings. The minimum Gasteiger partial charge on any atom is -0.463 e. The van der Waals surface area contributed by atoms with Gasteiger partial charge in [0.15, 0.2) is 9.76 Å². The molecular weight excluding hydrogens is 236 g/mol. The van der Waals surface area contributed by atoms with Gasteiger partial charge in [0.05, 0.1) is 6.61 Å². The van der Waals surface area contributed by atoms with Crippen LogP contribution in [0.3, 0.4) is 0 Å². The van der Waals surface area contributed by atoms with Gasteiger partial charge in [-0.15, -0.1) is 0 Å². The fourth-order valence-electron chi connectivity index (χ4n) is 0.682. The summed E-state index contributed by atoms with van der Waals surface area (Å²) in [5, 5.41) is 0.